The van der Waals surface area contributed by atoms with Crippen LogP contribution >= 0.6 is 11.3 Å². The number of hydrogen-bond donors (Lipinski definition) is 4. The predicted molar refractivity (Wildman–Crippen MR) is 77.1 cm³/mol. The van der Waals surface area contributed by atoms with Crippen LogP contribution in [0.1, 0.15) is 22.0 Å². The van der Waals surface area contributed by atoms with Crippen molar-refractivity contribution in [2.75, 3.05) is 17.6 Å². The van der Waals surface area contributed by atoms with E-state index in [-0.39, 0.29) is 0 Å². The van der Waals surface area contributed by atoms with Crippen LogP contribution in [0, 0.1) is 0 Å². The molecule has 5 nitrogen and oxygen atoms in total. The van der Waals surface area contributed by atoms with E-state index in [1.165, 1.54) is 17.4 Å². The lowest BCUT2D eigenvalue weighted by molar-refractivity contribution is 0.100. The Morgan fingerprint density at radius 3 is 2.79 bits per heavy atom. The fourth-order valence-corrected chi connectivity index (χ4v) is 2.37. The molecule has 1 aromatic heterocycles. The summed E-state index contributed by atoms with van der Waals surface area (Å²) in [6.45, 7) is 0.344. The van der Waals surface area contributed by atoms with Gasteiger partial charge in [-0.2, -0.15) is 11.3 Å². The summed E-state index contributed by atoms with van der Waals surface area (Å²) in [7, 11) is 0. The average Bonchev–Trinajstić information content (AvgIpc) is 2.90. The zero-order valence-corrected chi connectivity index (χ0v) is 11.0. The molecular formula is C13H15N3O2S. The minimum Gasteiger partial charge on any atom is -0.397 e. The second-order valence-corrected chi connectivity index (χ2v) is 4.90. The summed E-state index contributed by atoms with van der Waals surface area (Å²) < 4.78 is 0. The lowest BCUT2D eigenvalue weighted by Gasteiger charge is -2.13. The maximum Gasteiger partial charge on any atom is 0.248 e. The molecule has 1 unspecified atom stereocenters. The number of aliphatic hydroxyl groups excluding tert-OH is 1. The van der Waals surface area contributed by atoms with Crippen LogP contribution in [-0.4, -0.2) is 17.6 Å². The van der Waals surface area contributed by atoms with Gasteiger partial charge in [-0.15, -0.1) is 0 Å². The van der Waals surface area contributed by atoms with Crippen LogP contribution in [-0.2, 0) is 0 Å². The fourth-order valence-electron chi connectivity index (χ4n) is 1.67. The molecule has 0 spiro atoms. The van der Waals surface area contributed by atoms with Crippen molar-refractivity contribution in [2.45, 2.75) is 6.10 Å². The standard InChI is InChI=1S/C13H15N3O2S/c14-10-5-8(13(15)18)1-2-11(10)16-6-12(17)9-3-4-19-7-9/h1-5,7,12,16-17H,6,14H2,(H2,15,18). The number of aliphatic hydroxyl groups is 1. The molecule has 0 aliphatic heterocycles. The Kier molecular flexibility index (Phi) is 4.03. The van der Waals surface area contributed by atoms with E-state index in [1.54, 1.807) is 12.1 Å². The highest BCUT2D eigenvalue weighted by molar-refractivity contribution is 7.07. The van der Waals surface area contributed by atoms with E-state index >= 15 is 0 Å². The third-order valence-electron chi connectivity index (χ3n) is 2.75. The van der Waals surface area contributed by atoms with Crippen molar-refractivity contribution in [3.8, 4) is 0 Å². The Hall–Kier alpha value is -2.05. The molecule has 0 saturated heterocycles. The van der Waals surface area contributed by atoms with Crippen molar-refractivity contribution >= 4 is 28.6 Å². The topological polar surface area (TPSA) is 101 Å². The molecule has 1 aromatic carbocycles. The molecule has 6 N–H and O–H groups in total. The molecule has 0 saturated carbocycles. The SMILES string of the molecule is NC(=O)c1ccc(NCC(O)c2ccsc2)c(N)c1. The van der Waals surface area contributed by atoms with Crippen molar-refractivity contribution in [3.05, 3.63) is 46.2 Å². The number of benzene rings is 1. The minimum atomic E-state index is -0.596. The molecule has 1 atom stereocenters. The summed E-state index contributed by atoms with van der Waals surface area (Å²) in [5, 5.41) is 16.8. The zero-order valence-electron chi connectivity index (χ0n) is 10.2. The molecular weight excluding hydrogens is 262 g/mol. The van der Waals surface area contributed by atoms with Gasteiger partial charge in [-0.25, -0.2) is 0 Å². The van der Waals surface area contributed by atoms with Crippen LogP contribution in [0.4, 0.5) is 11.4 Å². The molecule has 0 bridgehead atoms. The molecule has 1 heterocycles. The number of nitrogen functional groups attached to an aromatic ring is 1. The van der Waals surface area contributed by atoms with E-state index in [2.05, 4.69) is 5.32 Å². The van der Waals surface area contributed by atoms with Gasteiger partial charge in [0.25, 0.3) is 0 Å². The molecule has 19 heavy (non-hydrogen) atoms. The van der Waals surface area contributed by atoms with Gasteiger partial charge in [-0.1, -0.05) is 0 Å². The number of thiophene rings is 1. The predicted octanol–water partition coefficient (Wildman–Crippen LogP) is 1.57. The molecule has 0 aliphatic carbocycles. The van der Waals surface area contributed by atoms with Gasteiger partial charge in [0.15, 0.2) is 0 Å². The van der Waals surface area contributed by atoms with E-state index in [0.29, 0.717) is 23.5 Å². The van der Waals surface area contributed by atoms with Crippen LogP contribution < -0.4 is 16.8 Å². The Labute approximate surface area is 114 Å². The van der Waals surface area contributed by atoms with Crippen LogP contribution in [0.3, 0.4) is 0 Å². The number of carbonyl (C=O) groups is 1. The smallest absolute Gasteiger partial charge is 0.248 e. The Morgan fingerprint density at radius 2 is 2.21 bits per heavy atom. The van der Waals surface area contributed by atoms with E-state index in [4.69, 9.17) is 11.5 Å². The van der Waals surface area contributed by atoms with Crippen LogP contribution in [0.25, 0.3) is 0 Å². The lowest BCUT2D eigenvalue weighted by atomic mass is 10.1. The molecule has 0 fully saturated rings. The highest BCUT2D eigenvalue weighted by atomic mass is 32.1. The van der Waals surface area contributed by atoms with Gasteiger partial charge in [0.1, 0.15) is 0 Å². The third-order valence-corrected chi connectivity index (χ3v) is 3.45. The van der Waals surface area contributed by atoms with Crippen LogP contribution in [0.5, 0.6) is 0 Å². The zero-order chi connectivity index (χ0) is 13.8. The number of primary amides is 1. The van der Waals surface area contributed by atoms with Gasteiger partial charge < -0.3 is 21.9 Å². The molecule has 100 valence electrons. The van der Waals surface area contributed by atoms with Crippen molar-refractivity contribution < 1.29 is 9.90 Å². The number of nitrogens with one attached hydrogen (secondary N) is 1. The highest BCUT2D eigenvalue weighted by Crippen LogP contribution is 2.22. The van der Waals surface area contributed by atoms with E-state index < -0.39 is 12.0 Å². The van der Waals surface area contributed by atoms with Gasteiger partial charge in [-0.05, 0) is 40.6 Å². The average molecular weight is 277 g/mol. The van der Waals surface area contributed by atoms with E-state index in [0.717, 1.165) is 5.56 Å². The van der Waals surface area contributed by atoms with Gasteiger partial charge in [0.2, 0.25) is 5.91 Å². The lowest BCUT2D eigenvalue weighted by Crippen LogP contribution is -2.14. The summed E-state index contributed by atoms with van der Waals surface area (Å²) in [5.41, 5.74) is 13.3. The Morgan fingerprint density at radius 1 is 1.42 bits per heavy atom. The maximum absolute atomic E-state index is 11.0. The van der Waals surface area contributed by atoms with Crippen molar-refractivity contribution in [1.82, 2.24) is 0 Å². The molecule has 6 heteroatoms. The summed E-state index contributed by atoms with van der Waals surface area (Å²) in [6, 6.07) is 6.66. The van der Waals surface area contributed by atoms with Crippen LogP contribution in [0.2, 0.25) is 0 Å². The summed E-state index contributed by atoms with van der Waals surface area (Å²) in [4.78, 5) is 11.0. The number of rotatable bonds is 5. The molecule has 0 radical (unpaired) electrons. The fraction of sp³-hybridized carbons (Fsp3) is 0.154. The summed E-state index contributed by atoms with van der Waals surface area (Å²) in [6.07, 6.45) is -0.596. The second kappa shape index (κ2) is 5.73. The first-order valence-corrected chi connectivity index (χ1v) is 6.65. The quantitative estimate of drug-likeness (QED) is 0.623. The van der Waals surface area contributed by atoms with Crippen molar-refractivity contribution in [1.29, 1.82) is 0 Å². The summed E-state index contributed by atoms with van der Waals surface area (Å²) >= 11 is 1.53. The molecule has 2 rings (SSSR count). The Bertz CT molecular complexity index is 569. The number of anilines is 2. The highest BCUT2D eigenvalue weighted by Gasteiger charge is 2.09. The van der Waals surface area contributed by atoms with E-state index in [1.807, 2.05) is 16.8 Å². The first-order valence-electron chi connectivity index (χ1n) is 5.71. The number of nitrogens with two attached hydrogens (primary N) is 2. The maximum atomic E-state index is 11.0. The second-order valence-electron chi connectivity index (χ2n) is 4.12. The monoisotopic (exact) mass is 277 g/mol. The third kappa shape index (κ3) is 3.24. The largest absolute Gasteiger partial charge is 0.397 e. The minimum absolute atomic E-state index is 0.344. The number of amides is 1. The van der Waals surface area contributed by atoms with Crippen molar-refractivity contribution in [3.63, 3.8) is 0 Å². The molecule has 1 amide bonds. The molecule has 0 aliphatic rings. The summed E-state index contributed by atoms with van der Waals surface area (Å²) in [5.74, 6) is -0.517. The Balaban J connectivity index is 2.02. The first kappa shape index (κ1) is 13.4. The van der Waals surface area contributed by atoms with Crippen LogP contribution in [0.15, 0.2) is 35.0 Å². The van der Waals surface area contributed by atoms with Crippen molar-refractivity contribution in [2.24, 2.45) is 5.73 Å². The van der Waals surface area contributed by atoms with Gasteiger partial charge in [0, 0.05) is 12.1 Å². The van der Waals surface area contributed by atoms with Gasteiger partial charge >= 0.3 is 0 Å². The normalized spacial score (nSPS) is 12.1. The van der Waals surface area contributed by atoms with Gasteiger partial charge in [-0.3, -0.25) is 4.79 Å². The van der Waals surface area contributed by atoms with Gasteiger partial charge in [0.05, 0.1) is 17.5 Å². The first-order chi connectivity index (χ1) is 9.08. The molecule has 2 aromatic rings. The van der Waals surface area contributed by atoms with E-state index in [9.17, 15) is 9.90 Å². The number of carbonyl (C=O) groups excluding carboxylic acids is 1. The number of hydrogen-bond acceptors (Lipinski definition) is 5.